The van der Waals surface area contributed by atoms with Gasteiger partial charge in [0.05, 0.1) is 11.1 Å². The smallest absolute Gasteiger partial charge is 0.143 e. The zero-order valence-electron chi connectivity index (χ0n) is 29.8. The molecule has 0 amide bonds. The van der Waals surface area contributed by atoms with Crippen molar-refractivity contribution < 1.29 is 8.83 Å². The first-order chi connectivity index (χ1) is 27.3. The summed E-state index contributed by atoms with van der Waals surface area (Å²) in [6.07, 6.45) is 0. The number of fused-ring (bicyclic) bond motifs is 7. The summed E-state index contributed by atoms with van der Waals surface area (Å²) < 4.78 is 13.0. The van der Waals surface area contributed by atoms with Crippen LogP contribution in [0.5, 0.6) is 0 Å². The maximum absolute atomic E-state index is 6.72. The summed E-state index contributed by atoms with van der Waals surface area (Å²) in [5, 5.41) is 6.91. The van der Waals surface area contributed by atoms with E-state index in [1.807, 2.05) is 18.2 Å². The lowest BCUT2D eigenvalue weighted by Gasteiger charge is -2.26. The van der Waals surface area contributed by atoms with Gasteiger partial charge in [-0.2, -0.15) is 0 Å². The van der Waals surface area contributed by atoms with Gasteiger partial charge in [-0.25, -0.2) is 0 Å². The summed E-state index contributed by atoms with van der Waals surface area (Å²) in [7, 11) is 0. The summed E-state index contributed by atoms with van der Waals surface area (Å²) in [5.74, 6) is 0. The highest BCUT2D eigenvalue weighted by atomic mass is 16.3. The molecule has 11 aromatic rings. The molecule has 0 aliphatic heterocycles. The minimum absolute atomic E-state index is 0.851. The van der Waals surface area contributed by atoms with Gasteiger partial charge >= 0.3 is 0 Å². The highest BCUT2D eigenvalue weighted by molar-refractivity contribution is 6.16. The lowest BCUT2D eigenvalue weighted by atomic mass is 9.98. The van der Waals surface area contributed by atoms with E-state index in [0.29, 0.717) is 0 Å². The molecule has 258 valence electrons. The molecule has 0 unspecified atom stereocenters. The van der Waals surface area contributed by atoms with E-state index in [9.17, 15) is 0 Å². The van der Waals surface area contributed by atoms with Crippen molar-refractivity contribution in [2.75, 3.05) is 4.90 Å². The van der Waals surface area contributed by atoms with Crippen LogP contribution < -0.4 is 4.90 Å². The molecule has 0 bridgehead atoms. The van der Waals surface area contributed by atoms with Crippen molar-refractivity contribution in [2.24, 2.45) is 0 Å². The Bertz CT molecular complexity index is 3180. The van der Waals surface area contributed by atoms with E-state index in [1.54, 1.807) is 0 Å². The Balaban J connectivity index is 1.06. The van der Waals surface area contributed by atoms with Crippen molar-refractivity contribution in [2.45, 2.75) is 0 Å². The van der Waals surface area contributed by atoms with E-state index >= 15 is 0 Å². The zero-order valence-corrected chi connectivity index (χ0v) is 29.8. The lowest BCUT2D eigenvalue weighted by Crippen LogP contribution is -2.10. The van der Waals surface area contributed by atoms with Gasteiger partial charge in [0.2, 0.25) is 0 Å². The van der Waals surface area contributed by atoms with Crippen LogP contribution in [0.1, 0.15) is 0 Å². The van der Waals surface area contributed by atoms with Crippen LogP contribution >= 0.6 is 0 Å². The normalized spacial score (nSPS) is 11.6. The van der Waals surface area contributed by atoms with Gasteiger partial charge in [-0.1, -0.05) is 146 Å². The molecule has 3 nitrogen and oxygen atoms in total. The van der Waals surface area contributed by atoms with Crippen LogP contribution in [-0.4, -0.2) is 0 Å². The minimum Gasteiger partial charge on any atom is -0.456 e. The van der Waals surface area contributed by atoms with Crippen LogP contribution in [0, 0.1) is 0 Å². The van der Waals surface area contributed by atoms with Crippen LogP contribution in [0.2, 0.25) is 0 Å². The van der Waals surface area contributed by atoms with E-state index in [-0.39, 0.29) is 0 Å². The second-order valence-corrected chi connectivity index (χ2v) is 14.1. The fourth-order valence-electron chi connectivity index (χ4n) is 8.26. The molecule has 2 heterocycles. The van der Waals surface area contributed by atoms with Gasteiger partial charge in [-0.05, 0) is 93.2 Å². The predicted molar refractivity (Wildman–Crippen MR) is 229 cm³/mol. The van der Waals surface area contributed by atoms with Crippen molar-refractivity contribution in [1.29, 1.82) is 0 Å². The van der Waals surface area contributed by atoms with Gasteiger partial charge in [-0.15, -0.1) is 0 Å². The quantitative estimate of drug-likeness (QED) is 0.173. The molecule has 0 fully saturated rings. The summed E-state index contributed by atoms with van der Waals surface area (Å²) in [4.78, 5) is 2.35. The van der Waals surface area contributed by atoms with Crippen LogP contribution in [0.25, 0.3) is 88.0 Å². The standard InChI is InChI=1S/C52H33NO2/c1-2-11-36(12-3-1)43-18-9-19-46-51-47(20-10-22-49(51)55-52(43)46)53(40-30-25-37(26-31-40)42-17-8-14-35-13-4-5-15-41(35)42)39-28-23-34(24-29-39)38-27-32-45-44-16-6-7-21-48(44)54-50(45)33-38/h1-33H. The number of rotatable bonds is 6. The molecule has 2 aromatic heterocycles. The number of hydrogen-bond acceptors (Lipinski definition) is 3. The summed E-state index contributed by atoms with van der Waals surface area (Å²) in [5.41, 5.74) is 13.5. The third-order valence-electron chi connectivity index (χ3n) is 10.9. The van der Waals surface area contributed by atoms with Gasteiger partial charge in [0.25, 0.3) is 0 Å². The Morgan fingerprint density at radius 1 is 0.327 bits per heavy atom. The topological polar surface area (TPSA) is 29.5 Å². The Morgan fingerprint density at radius 2 is 0.909 bits per heavy atom. The van der Waals surface area contributed by atoms with Crippen LogP contribution in [0.15, 0.2) is 209 Å². The SMILES string of the molecule is c1ccc(-c2cccc3c2oc2cccc(N(c4ccc(-c5ccc6c(c5)oc5ccccc56)cc4)c4ccc(-c5cccc6ccccc56)cc4)c23)cc1. The predicted octanol–water partition coefficient (Wildman–Crippen LogP) is 15.1. The highest BCUT2D eigenvalue weighted by Crippen LogP contribution is 2.45. The number of para-hydroxylation sites is 2. The molecule has 0 saturated heterocycles. The molecule has 3 heteroatoms. The average molecular weight is 704 g/mol. The monoisotopic (exact) mass is 703 g/mol. The number of anilines is 3. The third kappa shape index (κ3) is 5.20. The zero-order chi connectivity index (χ0) is 36.3. The second kappa shape index (κ2) is 12.6. The van der Waals surface area contributed by atoms with Crippen LogP contribution in [-0.2, 0) is 0 Å². The minimum atomic E-state index is 0.851. The summed E-state index contributed by atoms with van der Waals surface area (Å²) in [6.45, 7) is 0. The molecule has 55 heavy (non-hydrogen) atoms. The van der Waals surface area contributed by atoms with Crippen molar-refractivity contribution in [3.8, 4) is 33.4 Å². The first-order valence-corrected chi connectivity index (χ1v) is 18.7. The third-order valence-corrected chi connectivity index (χ3v) is 10.9. The van der Waals surface area contributed by atoms with Crippen LogP contribution in [0.3, 0.4) is 0 Å². The molecule has 0 saturated carbocycles. The summed E-state index contributed by atoms with van der Waals surface area (Å²) in [6, 6.07) is 70.9. The molecule has 0 atom stereocenters. The van der Waals surface area contributed by atoms with Gasteiger partial charge < -0.3 is 13.7 Å². The molecular formula is C52H33NO2. The van der Waals surface area contributed by atoms with Gasteiger partial charge in [0.1, 0.15) is 22.3 Å². The van der Waals surface area contributed by atoms with Crippen molar-refractivity contribution in [3.63, 3.8) is 0 Å². The Labute approximate surface area is 317 Å². The first kappa shape index (κ1) is 31.2. The van der Waals surface area contributed by atoms with Gasteiger partial charge in [-0.3, -0.25) is 0 Å². The summed E-state index contributed by atoms with van der Waals surface area (Å²) >= 11 is 0. The molecule has 0 aliphatic rings. The molecule has 0 radical (unpaired) electrons. The Hall–Kier alpha value is -7.36. The van der Waals surface area contributed by atoms with Crippen LogP contribution in [0.4, 0.5) is 17.1 Å². The van der Waals surface area contributed by atoms with Crippen molar-refractivity contribution >= 4 is 71.7 Å². The second-order valence-electron chi connectivity index (χ2n) is 14.1. The number of furan rings is 2. The Kier molecular flexibility index (Phi) is 7.17. The van der Waals surface area contributed by atoms with E-state index in [4.69, 9.17) is 8.83 Å². The van der Waals surface area contributed by atoms with Crippen molar-refractivity contribution in [3.05, 3.63) is 200 Å². The lowest BCUT2D eigenvalue weighted by molar-refractivity contribution is 0.669. The molecule has 0 spiro atoms. The molecule has 0 N–H and O–H groups in total. The number of nitrogens with zero attached hydrogens (tertiary/aromatic N) is 1. The highest BCUT2D eigenvalue weighted by Gasteiger charge is 2.21. The first-order valence-electron chi connectivity index (χ1n) is 18.7. The van der Waals surface area contributed by atoms with Gasteiger partial charge in [0, 0.05) is 33.1 Å². The van der Waals surface area contributed by atoms with Gasteiger partial charge in [0.15, 0.2) is 0 Å². The number of hydrogen-bond donors (Lipinski definition) is 0. The fourth-order valence-corrected chi connectivity index (χ4v) is 8.26. The van der Waals surface area contributed by atoms with E-state index < -0.39 is 0 Å². The molecule has 11 rings (SSSR count). The van der Waals surface area contributed by atoms with E-state index in [2.05, 4.69) is 187 Å². The van der Waals surface area contributed by atoms with E-state index in [0.717, 1.165) is 83.2 Å². The molecule has 9 aromatic carbocycles. The van der Waals surface area contributed by atoms with Crippen molar-refractivity contribution in [1.82, 2.24) is 0 Å². The number of benzene rings is 9. The van der Waals surface area contributed by atoms with E-state index in [1.165, 1.54) is 21.9 Å². The largest absolute Gasteiger partial charge is 0.456 e. The maximum atomic E-state index is 6.72. The average Bonchev–Trinajstić information content (AvgIpc) is 3.83. The molecule has 0 aliphatic carbocycles. The fraction of sp³-hybridized carbons (Fsp3) is 0. The molecular weight excluding hydrogens is 671 g/mol. The Morgan fingerprint density at radius 3 is 1.75 bits per heavy atom. The maximum Gasteiger partial charge on any atom is 0.143 e.